The van der Waals surface area contributed by atoms with Gasteiger partial charge in [0.25, 0.3) is 0 Å². The number of carbonyl (C=O) groups excluding carboxylic acids is 1. The van der Waals surface area contributed by atoms with Crippen LogP contribution in [-0.4, -0.2) is 60.9 Å². The molecule has 2 saturated carbocycles. The van der Waals surface area contributed by atoms with E-state index in [1.54, 1.807) is 11.3 Å². The van der Waals surface area contributed by atoms with Gasteiger partial charge in [-0.3, -0.25) is 4.79 Å². The molecular formula is C20H30FN3O2S. The van der Waals surface area contributed by atoms with Gasteiger partial charge in [0.2, 0.25) is 5.91 Å². The smallest absolute Gasteiger partial charge is 0.226 e. The van der Waals surface area contributed by atoms with E-state index in [-0.39, 0.29) is 24.7 Å². The van der Waals surface area contributed by atoms with Crippen LogP contribution in [0.1, 0.15) is 36.4 Å². The van der Waals surface area contributed by atoms with Crippen LogP contribution in [0.2, 0.25) is 0 Å². The second-order valence-electron chi connectivity index (χ2n) is 8.46. The number of amides is 1. The lowest BCUT2D eigenvalue weighted by Crippen LogP contribution is -2.51. The Balaban J connectivity index is 1.37. The van der Waals surface area contributed by atoms with Crippen molar-refractivity contribution in [3.05, 3.63) is 16.1 Å². The van der Waals surface area contributed by atoms with Gasteiger partial charge in [-0.15, -0.1) is 11.3 Å². The zero-order chi connectivity index (χ0) is 18.8. The SMILES string of the molecule is Cc1nc(CC(=O)N[C@H]2C[C@H]3CN(CCF)C[C@H]3C[C@@H]2OCC2CC2)cs1. The molecule has 0 radical (unpaired) electrons. The number of halogens is 1. The highest BCUT2D eigenvalue weighted by Gasteiger charge is 2.43. The maximum Gasteiger partial charge on any atom is 0.226 e. The molecule has 1 amide bonds. The predicted octanol–water partition coefficient (Wildman–Crippen LogP) is 2.59. The highest BCUT2D eigenvalue weighted by Crippen LogP contribution is 2.38. The van der Waals surface area contributed by atoms with E-state index in [0.717, 1.165) is 43.2 Å². The normalized spacial score (nSPS) is 31.0. The molecule has 150 valence electrons. The van der Waals surface area contributed by atoms with Crippen molar-refractivity contribution in [3.8, 4) is 0 Å². The summed E-state index contributed by atoms with van der Waals surface area (Å²) >= 11 is 1.58. The van der Waals surface area contributed by atoms with Crippen molar-refractivity contribution < 1.29 is 13.9 Å². The first-order valence-electron chi connectivity index (χ1n) is 10.2. The van der Waals surface area contributed by atoms with Gasteiger partial charge < -0.3 is 15.0 Å². The molecule has 3 fully saturated rings. The predicted molar refractivity (Wildman–Crippen MR) is 104 cm³/mol. The van der Waals surface area contributed by atoms with E-state index in [2.05, 4.69) is 15.2 Å². The molecule has 2 aliphatic carbocycles. The van der Waals surface area contributed by atoms with Crippen molar-refractivity contribution in [2.24, 2.45) is 17.8 Å². The molecule has 1 N–H and O–H groups in total. The lowest BCUT2D eigenvalue weighted by Gasteiger charge is -2.38. The molecule has 1 saturated heterocycles. The van der Waals surface area contributed by atoms with E-state index >= 15 is 0 Å². The number of hydrogen-bond donors (Lipinski definition) is 1. The summed E-state index contributed by atoms with van der Waals surface area (Å²) in [5, 5.41) is 6.18. The first kappa shape index (κ1) is 19.3. The Morgan fingerprint density at radius 3 is 2.81 bits per heavy atom. The lowest BCUT2D eigenvalue weighted by molar-refractivity contribution is -0.123. The van der Waals surface area contributed by atoms with Crippen molar-refractivity contribution in [2.75, 3.05) is 32.9 Å². The van der Waals surface area contributed by atoms with Gasteiger partial charge in [-0.05, 0) is 50.4 Å². The van der Waals surface area contributed by atoms with Crippen molar-refractivity contribution in [1.29, 1.82) is 0 Å². The summed E-state index contributed by atoms with van der Waals surface area (Å²) in [7, 11) is 0. The lowest BCUT2D eigenvalue weighted by atomic mass is 9.77. The molecule has 0 aromatic carbocycles. The minimum absolute atomic E-state index is 0.0300. The second kappa shape index (κ2) is 8.53. The molecule has 2 heterocycles. The largest absolute Gasteiger partial charge is 0.376 e. The molecule has 0 bridgehead atoms. The third-order valence-corrected chi connectivity index (χ3v) is 7.01. The summed E-state index contributed by atoms with van der Waals surface area (Å²) in [6.45, 7) is 4.93. The quantitative estimate of drug-likeness (QED) is 0.735. The molecule has 3 aliphatic rings. The molecule has 4 atom stereocenters. The summed E-state index contributed by atoms with van der Waals surface area (Å²) in [6.07, 6.45) is 4.86. The minimum Gasteiger partial charge on any atom is -0.376 e. The monoisotopic (exact) mass is 395 g/mol. The van der Waals surface area contributed by atoms with E-state index in [0.29, 0.717) is 30.7 Å². The van der Waals surface area contributed by atoms with E-state index in [1.807, 2.05) is 12.3 Å². The first-order valence-corrected chi connectivity index (χ1v) is 11.1. The van der Waals surface area contributed by atoms with Crippen LogP contribution >= 0.6 is 11.3 Å². The van der Waals surface area contributed by atoms with Crippen LogP contribution in [0.5, 0.6) is 0 Å². The van der Waals surface area contributed by atoms with E-state index < -0.39 is 0 Å². The summed E-state index contributed by atoms with van der Waals surface area (Å²) in [5.74, 6) is 1.84. The molecular weight excluding hydrogens is 365 g/mol. The third-order valence-electron chi connectivity index (χ3n) is 6.19. The number of likely N-dealkylation sites (tertiary alicyclic amines) is 1. The Morgan fingerprint density at radius 1 is 1.37 bits per heavy atom. The fourth-order valence-corrected chi connectivity index (χ4v) is 5.22. The molecule has 1 aliphatic heterocycles. The maximum absolute atomic E-state index is 12.7. The zero-order valence-electron chi connectivity index (χ0n) is 16.0. The zero-order valence-corrected chi connectivity index (χ0v) is 16.8. The average molecular weight is 396 g/mol. The first-order chi connectivity index (χ1) is 13.1. The number of carbonyl (C=O) groups is 1. The number of thiazole rings is 1. The van der Waals surface area contributed by atoms with Crippen molar-refractivity contribution in [3.63, 3.8) is 0 Å². The van der Waals surface area contributed by atoms with Crippen LogP contribution in [0, 0.1) is 24.7 Å². The number of rotatable bonds is 8. The Bertz CT molecular complexity index is 651. The van der Waals surface area contributed by atoms with Gasteiger partial charge in [-0.1, -0.05) is 0 Å². The average Bonchev–Trinajstić information content (AvgIpc) is 3.25. The Labute approximate surface area is 164 Å². The summed E-state index contributed by atoms with van der Waals surface area (Å²) in [4.78, 5) is 19.2. The molecule has 0 spiro atoms. The fourth-order valence-electron chi connectivity index (χ4n) is 4.60. The van der Waals surface area contributed by atoms with Crippen LogP contribution < -0.4 is 5.32 Å². The Kier molecular flexibility index (Phi) is 6.09. The topological polar surface area (TPSA) is 54.5 Å². The number of hydrogen-bond acceptors (Lipinski definition) is 5. The molecule has 1 aromatic rings. The number of aromatic nitrogens is 1. The number of fused-ring (bicyclic) bond motifs is 1. The molecule has 4 rings (SSSR count). The summed E-state index contributed by atoms with van der Waals surface area (Å²) < 4.78 is 19.0. The summed E-state index contributed by atoms with van der Waals surface area (Å²) in [6, 6.07) is 0.0579. The van der Waals surface area contributed by atoms with E-state index in [9.17, 15) is 9.18 Å². The highest BCUT2D eigenvalue weighted by molar-refractivity contribution is 7.09. The second-order valence-corrected chi connectivity index (χ2v) is 9.53. The van der Waals surface area contributed by atoms with Gasteiger partial charge in [-0.25, -0.2) is 9.37 Å². The van der Waals surface area contributed by atoms with Crippen LogP contribution in [0.25, 0.3) is 0 Å². The van der Waals surface area contributed by atoms with Crippen molar-refractivity contribution in [2.45, 2.75) is 51.2 Å². The number of alkyl halides is 1. The third kappa shape index (κ3) is 5.06. The highest BCUT2D eigenvalue weighted by atomic mass is 32.1. The van der Waals surface area contributed by atoms with Gasteiger partial charge in [0, 0.05) is 31.6 Å². The van der Waals surface area contributed by atoms with Crippen molar-refractivity contribution in [1.82, 2.24) is 15.2 Å². The van der Waals surface area contributed by atoms with Gasteiger partial charge in [0.1, 0.15) is 6.67 Å². The Hall–Kier alpha value is -1.05. The van der Waals surface area contributed by atoms with Gasteiger partial charge in [-0.2, -0.15) is 0 Å². The van der Waals surface area contributed by atoms with E-state index in [4.69, 9.17) is 4.74 Å². The van der Waals surface area contributed by atoms with Crippen LogP contribution in [0.15, 0.2) is 5.38 Å². The molecule has 7 heteroatoms. The standard InChI is InChI=1S/C20H30FN3O2S/c1-13-22-17(12-27-13)8-20(25)23-18-6-15-9-24(5-4-21)10-16(15)7-19(18)26-11-14-2-3-14/h12,14-16,18-19H,2-11H2,1H3,(H,23,25)/t15-,16+,18-,19-/m0/s1. The number of aryl methyl sites for hydroxylation is 1. The van der Waals surface area contributed by atoms with Crippen LogP contribution in [0.4, 0.5) is 4.39 Å². The number of ether oxygens (including phenoxy) is 1. The van der Waals surface area contributed by atoms with Gasteiger partial charge in [0.05, 0.1) is 29.3 Å². The number of nitrogens with one attached hydrogen (secondary N) is 1. The van der Waals surface area contributed by atoms with Crippen LogP contribution in [-0.2, 0) is 16.0 Å². The van der Waals surface area contributed by atoms with Crippen molar-refractivity contribution >= 4 is 17.2 Å². The molecule has 0 unspecified atom stereocenters. The Morgan fingerprint density at radius 2 is 2.15 bits per heavy atom. The van der Waals surface area contributed by atoms with Gasteiger partial charge >= 0.3 is 0 Å². The maximum atomic E-state index is 12.7. The fraction of sp³-hybridized carbons (Fsp3) is 0.800. The molecule has 27 heavy (non-hydrogen) atoms. The molecule has 5 nitrogen and oxygen atoms in total. The van der Waals surface area contributed by atoms with Crippen LogP contribution in [0.3, 0.4) is 0 Å². The van der Waals surface area contributed by atoms with E-state index in [1.165, 1.54) is 12.8 Å². The van der Waals surface area contributed by atoms with Gasteiger partial charge in [0.15, 0.2) is 0 Å². The summed E-state index contributed by atoms with van der Waals surface area (Å²) in [5.41, 5.74) is 0.842. The number of nitrogens with zero attached hydrogens (tertiary/aromatic N) is 2. The molecule has 1 aromatic heterocycles. The minimum atomic E-state index is -0.283.